The molecule has 1 fully saturated rings. The van der Waals surface area contributed by atoms with Crippen LogP contribution in [0.2, 0.25) is 0 Å². The molecule has 0 radical (unpaired) electrons. The van der Waals surface area contributed by atoms with Gasteiger partial charge in [0.25, 0.3) is 0 Å². The van der Waals surface area contributed by atoms with Crippen molar-refractivity contribution in [3.63, 3.8) is 0 Å². The second-order valence-corrected chi connectivity index (χ2v) is 10.8. The minimum Gasteiger partial charge on any atom is -0.396 e. The minimum atomic E-state index is -1.20. The highest BCUT2D eigenvalue weighted by Gasteiger charge is 2.29. The van der Waals surface area contributed by atoms with Crippen LogP contribution >= 0.6 is 11.3 Å². The van der Waals surface area contributed by atoms with Crippen LogP contribution in [0.15, 0.2) is 44.9 Å². The number of pyridine rings is 2. The molecule has 1 aliphatic carbocycles. The van der Waals surface area contributed by atoms with Crippen LogP contribution in [0.3, 0.4) is 0 Å². The van der Waals surface area contributed by atoms with Crippen molar-refractivity contribution in [1.29, 1.82) is 0 Å². The average molecular weight is 501 g/mol. The number of aliphatic imine (C=N–C) groups is 2. The molecule has 0 aliphatic heterocycles. The smallest absolute Gasteiger partial charge is 0.221 e. The maximum Gasteiger partial charge on any atom is 0.221 e. The second-order valence-electron chi connectivity index (χ2n) is 7.84. The zero-order valence-electron chi connectivity index (χ0n) is 18.6. The topological polar surface area (TPSA) is 126 Å². The van der Waals surface area contributed by atoms with E-state index in [-0.39, 0.29) is 24.4 Å². The number of aromatic nitrogens is 2. The van der Waals surface area contributed by atoms with Crippen molar-refractivity contribution in [2.75, 3.05) is 18.9 Å². The van der Waals surface area contributed by atoms with Gasteiger partial charge in [-0.05, 0) is 49.8 Å². The van der Waals surface area contributed by atoms with E-state index < -0.39 is 16.6 Å². The van der Waals surface area contributed by atoms with E-state index in [1.54, 1.807) is 12.4 Å². The van der Waals surface area contributed by atoms with Gasteiger partial charge in [-0.15, -0.1) is 11.3 Å². The number of allylic oxidation sites excluding steroid dienone is 1. The highest BCUT2D eigenvalue weighted by molar-refractivity contribution is 7.88. The van der Waals surface area contributed by atoms with Crippen LogP contribution in [0, 0.1) is 5.82 Å². The number of rotatable bonds is 7. The Bertz CT molecular complexity index is 1320. The summed E-state index contributed by atoms with van der Waals surface area (Å²) in [5.41, 5.74) is 9.52. The molecule has 0 spiro atoms. The number of halogens is 1. The molecule has 1 aliphatic rings. The summed E-state index contributed by atoms with van der Waals surface area (Å²) in [6, 6.07) is 3.21. The third-order valence-corrected chi connectivity index (χ3v) is 8.85. The van der Waals surface area contributed by atoms with Gasteiger partial charge < -0.3 is 16.2 Å². The van der Waals surface area contributed by atoms with E-state index in [1.807, 2.05) is 13.0 Å². The summed E-state index contributed by atoms with van der Waals surface area (Å²) >= 11 is 1.32. The first-order valence-corrected chi connectivity index (χ1v) is 12.8. The van der Waals surface area contributed by atoms with E-state index in [9.17, 15) is 8.60 Å². The molecule has 0 saturated heterocycles. The van der Waals surface area contributed by atoms with Gasteiger partial charge in [0.05, 0.1) is 41.5 Å². The molecular formula is C23H25FN6O2S2. The summed E-state index contributed by atoms with van der Waals surface area (Å²) in [5.74, 6) is -0.200. The van der Waals surface area contributed by atoms with E-state index >= 15 is 0 Å². The first-order valence-electron chi connectivity index (χ1n) is 10.7. The molecule has 3 aromatic rings. The van der Waals surface area contributed by atoms with Gasteiger partial charge in [-0.3, -0.25) is 9.19 Å². The standard InChI is InChI=1S/C23H25FN6O2S2/c1-13(10-29-23(26-2)28-6-7-31)18-9-17(14-8-15(24)12-27-11-14)19-20(25)22(33-21(19)30-18)34(32)16-4-3-5-16/h8-12,16,31H,2-7,25H2,1H3,(H,28,29)/b13-10+. The molecule has 0 aromatic carbocycles. The van der Waals surface area contributed by atoms with Gasteiger partial charge in [0.15, 0.2) is 0 Å². The summed E-state index contributed by atoms with van der Waals surface area (Å²) in [7, 11) is -1.20. The van der Waals surface area contributed by atoms with Gasteiger partial charge in [0, 0.05) is 28.6 Å². The lowest BCUT2D eigenvalue weighted by molar-refractivity contribution is 0.306. The molecule has 1 unspecified atom stereocenters. The quantitative estimate of drug-likeness (QED) is 0.335. The largest absolute Gasteiger partial charge is 0.396 e. The number of fused-ring (bicyclic) bond motifs is 1. The van der Waals surface area contributed by atoms with Crippen molar-refractivity contribution in [2.24, 2.45) is 9.98 Å². The maximum atomic E-state index is 14.0. The Morgan fingerprint density at radius 1 is 1.44 bits per heavy atom. The summed E-state index contributed by atoms with van der Waals surface area (Å²) < 4.78 is 27.8. The monoisotopic (exact) mass is 500 g/mol. The minimum absolute atomic E-state index is 0.100. The fraction of sp³-hybridized carbons (Fsp3) is 0.304. The van der Waals surface area contributed by atoms with E-state index in [1.165, 1.54) is 17.4 Å². The zero-order valence-corrected chi connectivity index (χ0v) is 20.3. The molecule has 0 amide bonds. The van der Waals surface area contributed by atoms with Gasteiger partial charge in [-0.2, -0.15) is 0 Å². The van der Waals surface area contributed by atoms with Crippen molar-refractivity contribution in [1.82, 2.24) is 15.3 Å². The highest BCUT2D eigenvalue weighted by Crippen LogP contribution is 2.44. The Labute approximate surface area is 203 Å². The van der Waals surface area contributed by atoms with Crippen molar-refractivity contribution in [3.8, 4) is 11.1 Å². The van der Waals surface area contributed by atoms with Crippen LogP contribution in [-0.2, 0) is 10.8 Å². The molecule has 1 atom stereocenters. The predicted octanol–water partition coefficient (Wildman–Crippen LogP) is 3.74. The molecule has 8 nitrogen and oxygen atoms in total. The molecule has 0 bridgehead atoms. The summed E-state index contributed by atoms with van der Waals surface area (Å²) in [5, 5.41) is 12.7. The number of nitrogens with one attached hydrogen (secondary N) is 1. The van der Waals surface area contributed by atoms with Gasteiger partial charge in [0.1, 0.15) is 14.9 Å². The van der Waals surface area contributed by atoms with E-state index in [0.29, 0.717) is 36.9 Å². The van der Waals surface area contributed by atoms with Crippen LogP contribution < -0.4 is 11.1 Å². The normalized spacial score (nSPS) is 15.9. The fourth-order valence-electron chi connectivity index (χ4n) is 3.52. The SMILES string of the molecule is C=NC(=NCCO)N/C=C(\C)c1cc(-c2cncc(F)c2)c2c(N)c(S(=O)C3CCC3)sc2n1. The van der Waals surface area contributed by atoms with Crippen LogP contribution in [0.25, 0.3) is 26.9 Å². The van der Waals surface area contributed by atoms with E-state index in [4.69, 9.17) is 15.8 Å². The van der Waals surface area contributed by atoms with Gasteiger partial charge in [-0.1, -0.05) is 6.42 Å². The molecule has 34 heavy (non-hydrogen) atoms. The molecule has 178 valence electrons. The number of hydrogen-bond acceptors (Lipinski definition) is 7. The summed E-state index contributed by atoms with van der Waals surface area (Å²) in [4.78, 5) is 17.3. The highest BCUT2D eigenvalue weighted by atomic mass is 32.2. The molecule has 1 saturated carbocycles. The van der Waals surface area contributed by atoms with Crippen molar-refractivity contribution < 1.29 is 13.7 Å². The fourth-order valence-corrected chi connectivity index (χ4v) is 6.73. The number of nitrogens with zero attached hydrogens (tertiary/aromatic N) is 4. The van der Waals surface area contributed by atoms with Crippen LogP contribution in [0.5, 0.6) is 0 Å². The Kier molecular flexibility index (Phi) is 7.44. The Morgan fingerprint density at radius 2 is 2.24 bits per heavy atom. The van der Waals surface area contributed by atoms with Gasteiger partial charge in [0.2, 0.25) is 5.96 Å². The number of guanidine groups is 1. The molecule has 3 heterocycles. The van der Waals surface area contributed by atoms with Crippen LogP contribution in [0.4, 0.5) is 10.1 Å². The molecule has 11 heteroatoms. The second kappa shape index (κ2) is 10.5. The number of aliphatic hydroxyl groups is 1. The number of nitrogen functional groups attached to an aromatic ring is 1. The third-order valence-electron chi connectivity index (χ3n) is 5.55. The van der Waals surface area contributed by atoms with Gasteiger partial charge in [-0.25, -0.2) is 19.4 Å². The first kappa shape index (κ1) is 24.1. The molecular weight excluding hydrogens is 475 g/mol. The van der Waals surface area contributed by atoms with Crippen molar-refractivity contribution >= 4 is 56.3 Å². The predicted molar refractivity (Wildman–Crippen MR) is 137 cm³/mol. The number of thiophene rings is 1. The van der Waals surface area contributed by atoms with E-state index in [0.717, 1.165) is 31.0 Å². The third kappa shape index (κ3) is 4.91. The maximum absolute atomic E-state index is 14.0. The average Bonchev–Trinajstić information content (AvgIpc) is 3.13. The van der Waals surface area contributed by atoms with Crippen LogP contribution in [0.1, 0.15) is 31.9 Å². The van der Waals surface area contributed by atoms with Crippen LogP contribution in [-0.4, -0.2) is 50.4 Å². The number of nitrogens with two attached hydrogens (primary N) is 1. The molecule has 3 aromatic heterocycles. The van der Waals surface area contributed by atoms with Crippen molar-refractivity contribution in [2.45, 2.75) is 35.6 Å². The van der Waals surface area contributed by atoms with Crippen molar-refractivity contribution in [3.05, 3.63) is 42.2 Å². The lowest BCUT2D eigenvalue weighted by Crippen LogP contribution is -2.23. The Morgan fingerprint density at radius 3 is 2.88 bits per heavy atom. The lowest BCUT2D eigenvalue weighted by Gasteiger charge is -2.23. The van der Waals surface area contributed by atoms with E-state index in [2.05, 4.69) is 27.0 Å². The number of hydrogen-bond donors (Lipinski definition) is 3. The summed E-state index contributed by atoms with van der Waals surface area (Å²) in [6.45, 7) is 5.42. The Balaban J connectivity index is 1.83. The zero-order chi connectivity index (χ0) is 24.2. The lowest BCUT2D eigenvalue weighted by atomic mass is 10.00. The molecule has 4 rings (SSSR count). The Hall–Kier alpha value is -3.02. The summed E-state index contributed by atoms with van der Waals surface area (Å²) in [6.07, 6.45) is 7.30. The van der Waals surface area contributed by atoms with Gasteiger partial charge >= 0.3 is 0 Å². The number of aliphatic hydroxyl groups excluding tert-OH is 1. The first-order chi connectivity index (χ1) is 16.4. The number of anilines is 1. The molecule has 4 N–H and O–H groups in total.